The molecule has 1 atom stereocenters. The van der Waals surface area contributed by atoms with E-state index in [2.05, 4.69) is 39.6 Å². The lowest BCUT2D eigenvalue weighted by atomic mass is 10.0. The summed E-state index contributed by atoms with van der Waals surface area (Å²) in [6, 6.07) is 12.4. The van der Waals surface area contributed by atoms with E-state index in [1.165, 1.54) is 5.56 Å². The number of amides is 1. The van der Waals surface area contributed by atoms with E-state index in [0.717, 1.165) is 38.5 Å². The molecule has 1 aromatic heterocycles. The molecule has 25 heavy (non-hydrogen) atoms. The molecular formula is C19H25N3O3. The Bertz CT molecular complexity index is 666. The molecule has 2 aromatic rings. The highest BCUT2D eigenvalue weighted by atomic mass is 16.5. The zero-order valence-electron chi connectivity index (χ0n) is 14.6. The second-order valence-corrected chi connectivity index (χ2v) is 6.40. The van der Waals surface area contributed by atoms with Crippen LogP contribution in [0.5, 0.6) is 0 Å². The summed E-state index contributed by atoms with van der Waals surface area (Å²) in [5.74, 6) is 0.692. The van der Waals surface area contributed by atoms with Crippen molar-refractivity contribution in [2.45, 2.75) is 25.8 Å². The van der Waals surface area contributed by atoms with Crippen LogP contribution in [-0.4, -0.2) is 54.9 Å². The van der Waals surface area contributed by atoms with E-state index in [4.69, 9.17) is 9.26 Å². The fourth-order valence-electron chi connectivity index (χ4n) is 3.12. The Hall–Kier alpha value is -2.18. The summed E-state index contributed by atoms with van der Waals surface area (Å²) < 4.78 is 10.5. The number of carbonyl (C=O) groups excluding carboxylic acids is 1. The van der Waals surface area contributed by atoms with E-state index in [9.17, 15) is 4.79 Å². The number of ether oxygens (including phenoxy) is 1. The molecule has 134 valence electrons. The second-order valence-electron chi connectivity index (χ2n) is 6.40. The number of nitrogens with zero attached hydrogens (tertiary/aromatic N) is 2. The fraction of sp³-hybridized carbons (Fsp3) is 0.474. The van der Waals surface area contributed by atoms with E-state index in [1.54, 1.807) is 6.07 Å². The van der Waals surface area contributed by atoms with E-state index >= 15 is 0 Å². The molecule has 0 radical (unpaired) electrons. The zero-order chi connectivity index (χ0) is 17.5. The maximum absolute atomic E-state index is 12.2. The van der Waals surface area contributed by atoms with Crippen molar-refractivity contribution < 1.29 is 14.1 Å². The summed E-state index contributed by atoms with van der Waals surface area (Å²) in [6.07, 6.45) is 1.16. The van der Waals surface area contributed by atoms with Gasteiger partial charge < -0.3 is 14.6 Å². The SMILES string of the molecule is Cc1cc(CC(=O)NCC(Cc2ccccc2)N2CCOCC2)no1. The van der Waals surface area contributed by atoms with Gasteiger partial charge in [0, 0.05) is 31.7 Å². The van der Waals surface area contributed by atoms with Crippen LogP contribution in [0.4, 0.5) is 0 Å². The van der Waals surface area contributed by atoms with Crippen molar-refractivity contribution in [1.29, 1.82) is 0 Å². The fourth-order valence-corrected chi connectivity index (χ4v) is 3.12. The minimum Gasteiger partial charge on any atom is -0.379 e. The Kier molecular flexibility index (Phi) is 6.19. The van der Waals surface area contributed by atoms with Gasteiger partial charge in [0.05, 0.1) is 25.3 Å². The Morgan fingerprint density at radius 3 is 2.72 bits per heavy atom. The van der Waals surface area contributed by atoms with Crippen LogP contribution in [0, 0.1) is 6.92 Å². The van der Waals surface area contributed by atoms with Crippen molar-refractivity contribution >= 4 is 5.91 Å². The summed E-state index contributed by atoms with van der Waals surface area (Å²) in [4.78, 5) is 14.6. The molecule has 1 aromatic carbocycles. The van der Waals surface area contributed by atoms with Gasteiger partial charge in [0.2, 0.25) is 5.91 Å². The van der Waals surface area contributed by atoms with Gasteiger partial charge in [0.25, 0.3) is 0 Å². The first-order valence-corrected chi connectivity index (χ1v) is 8.75. The summed E-state index contributed by atoms with van der Waals surface area (Å²) in [5.41, 5.74) is 1.95. The van der Waals surface area contributed by atoms with Gasteiger partial charge in [-0.05, 0) is 18.9 Å². The number of aromatic nitrogens is 1. The minimum atomic E-state index is -0.0281. The van der Waals surface area contributed by atoms with Crippen LogP contribution in [0.25, 0.3) is 0 Å². The second kappa shape index (κ2) is 8.78. The predicted octanol–water partition coefficient (Wildman–Crippen LogP) is 1.59. The Morgan fingerprint density at radius 2 is 2.04 bits per heavy atom. The normalized spacial score (nSPS) is 16.5. The molecule has 1 N–H and O–H groups in total. The standard InChI is InChI=1S/C19H25N3O3/c1-15-11-17(21-25-15)13-19(23)20-14-18(22-7-9-24-10-8-22)12-16-5-3-2-4-6-16/h2-6,11,18H,7-10,12-14H2,1H3,(H,20,23). The number of carbonyl (C=O) groups is 1. The summed E-state index contributed by atoms with van der Waals surface area (Å²) in [5, 5.41) is 6.93. The molecule has 1 unspecified atom stereocenters. The molecule has 1 fully saturated rings. The van der Waals surface area contributed by atoms with Gasteiger partial charge in [-0.3, -0.25) is 9.69 Å². The molecule has 0 saturated carbocycles. The van der Waals surface area contributed by atoms with Gasteiger partial charge >= 0.3 is 0 Å². The maximum Gasteiger partial charge on any atom is 0.226 e. The minimum absolute atomic E-state index is 0.0281. The maximum atomic E-state index is 12.2. The van der Waals surface area contributed by atoms with Gasteiger partial charge in [-0.1, -0.05) is 35.5 Å². The monoisotopic (exact) mass is 343 g/mol. The van der Waals surface area contributed by atoms with Crippen LogP contribution in [0.2, 0.25) is 0 Å². The number of morpholine rings is 1. The lowest BCUT2D eigenvalue weighted by Gasteiger charge is -2.34. The van der Waals surface area contributed by atoms with Crippen molar-refractivity contribution in [3.63, 3.8) is 0 Å². The molecule has 1 amide bonds. The summed E-state index contributed by atoms with van der Waals surface area (Å²) in [6.45, 7) is 5.73. The molecular weight excluding hydrogens is 318 g/mol. The third-order valence-corrected chi connectivity index (χ3v) is 4.43. The highest BCUT2D eigenvalue weighted by Crippen LogP contribution is 2.11. The van der Waals surface area contributed by atoms with Crippen LogP contribution in [0.1, 0.15) is 17.0 Å². The molecule has 6 heteroatoms. The third-order valence-electron chi connectivity index (χ3n) is 4.43. The van der Waals surface area contributed by atoms with Gasteiger partial charge in [-0.15, -0.1) is 0 Å². The molecule has 6 nitrogen and oxygen atoms in total. The number of hydrogen-bond donors (Lipinski definition) is 1. The van der Waals surface area contributed by atoms with Crippen molar-refractivity contribution in [3.8, 4) is 0 Å². The zero-order valence-corrected chi connectivity index (χ0v) is 14.6. The lowest BCUT2D eigenvalue weighted by molar-refractivity contribution is -0.120. The van der Waals surface area contributed by atoms with Gasteiger partial charge in [0.15, 0.2) is 0 Å². The van der Waals surface area contributed by atoms with Crippen LogP contribution < -0.4 is 5.32 Å². The average molecular weight is 343 g/mol. The first-order valence-electron chi connectivity index (χ1n) is 8.75. The van der Waals surface area contributed by atoms with Gasteiger partial charge in [-0.25, -0.2) is 0 Å². The Balaban J connectivity index is 1.57. The van der Waals surface area contributed by atoms with Crippen molar-refractivity contribution in [2.24, 2.45) is 0 Å². The molecule has 2 heterocycles. The number of nitrogens with one attached hydrogen (secondary N) is 1. The predicted molar refractivity (Wildman–Crippen MR) is 94.3 cm³/mol. The number of hydrogen-bond acceptors (Lipinski definition) is 5. The van der Waals surface area contributed by atoms with E-state index in [-0.39, 0.29) is 18.4 Å². The number of aryl methyl sites for hydroxylation is 1. The third kappa shape index (κ3) is 5.41. The Morgan fingerprint density at radius 1 is 1.28 bits per heavy atom. The van der Waals surface area contributed by atoms with Gasteiger partial charge in [0.1, 0.15) is 5.76 Å². The van der Waals surface area contributed by atoms with Crippen LogP contribution in [-0.2, 0) is 22.4 Å². The molecule has 0 bridgehead atoms. The van der Waals surface area contributed by atoms with E-state index in [0.29, 0.717) is 12.2 Å². The first-order chi connectivity index (χ1) is 12.2. The van der Waals surface area contributed by atoms with E-state index < -0.39 is 0 Å². The topological polar surface area (TPSA) is 67.6 Å². The average Bonchev–Trinajstić information content (AvgIpc) is 3.05. The highest BCUT2D eigenvalue weighted by molar-refractivity contribution is 5.78. The number of rotatable bonds is 7. The lowest BCUT2D eigenvalue weighted by Crippen LogP contribution is -2.50. The quantitative estimate of drug-likeness (QED) is 0.827. The molecule has 1 saturated heterocycles. The Labute approximate surface area is 148 Å². The van der Waals surface area contributed by atoms with Crippen LogP contribution >= 0.6 is 0 Å². The summed E-state index contributed by atoms with van der Waals surface area (Å²) >= 11 is 0. The largest absolute Gasteiger partial charge is 0.379 e. The van der Waals surface area contributed by atoms with E-state index in [1.807, 2.05) is 13.0 Å². The highest BCUT2D eigenvalue weighted by Gasteiger charge is 2.22. The first kappa shape index (κ1) is 17.6. The molecule has 1 aliphatic heterocycles. The molecule has 0 aliphatic carbocycles. The molecule has 3 rings (SSSR count). The molecule has 0 spiro atoms. The smallest absolute Gasteiger partial charge is 0.226 e. The summed E-state index contributed by atoms with van der Waals surface area (Å²) in [7, 11) is 0. The van der Waals surface area contributed by atoms with Crippen LogP contribution in [0.3, 0.4) is 0 Å². The van der Waals surface area contributed by atoms with Crippen molar-refractivity contribution in [2.75, 3.05) is 32.8 Å². The van der Waals surface area contributed by atoms with Crippen LogP contribution in [0.15, 0.2) is 40.9 Å². The van der Waals surface area contributed by atoms with Gasteiger partial charge in [-0.2, -0.15) is 0 Å². The van der Waals surface area contributed by atoms with Crippen molar-refractivity contribution in [3.05, 3.63) is 53.4 Å². The number of benzene rings is 1. The molecule has 1 aliphatic rings. The van der Waals surface area contributed by atoms with Crippen molar-refractivity contribution in [1.82, 2.24) is 15.4 Å².